The van der Waals surface area contributed by atoms with Crippen molar-refractivity contribution >= 4 is 0 Å². The van der Waals surface area contributed by atoms with Gasteiger partial charge < -0.3 is 5.11 Å². The van der Waals surface area contributed by atoms with Crippen molar-refractivity contribution in [2.45, 2.75) is 85.0 Å². The zero-order chi connectivity index (χ0) is 22.2. The monoisotopic (exact) mass is 416 g/mol. The van der Waals surface area contributed by atoms with Crippen molar-refractivity contribution in [1.82, 2.24) is 0 Å². The van der Waals surface area contributed by atoms with Crippen LogP contribution < -0.4 is 0 Å². The molecule has 0 spiro atoms. The predicted octanol–water partition coefficient (Wildman–Crippen LogP) is 8.27. The van der Waals surface area contributed by atoms with Gasteiger partial charge in [0.15, 0.2) is 11.7 Å². The number of allylic oxidation sites excluding steroid dienone is 5. The number of alkyl halides is 1. The van der Waals surface area contributed by atoms with Gasteiger partial charge in [-0.25, -0.2) is 8.78 Å². The smallest absolute Gasteiger partial charge is 0.158 e. The second-order valence-electron chi connectivity index (χ2n) is 8.64. The van der Waals surface area contributed by atoms with Gasteiger partial charge in [0.1, 0.15) is 0 Å². The van der Waals surface area contributed by atoms with Crippen LogP contribution in [-0.2, 0) is 0 Å². The molecule has 1 nitrogen and oxygen atoms in total. The summed E-state index contributed by atoms with van der Waals surface area (Å²) in [4.78, 5) is 0. The minimum atomic E-state index is -0.929. The molecule has 2 atom stereocenters. The maximum Gasteiger partial charge on any atom is 0.158 e. The maximum absolute atomic E-state index is 13.7. The van der Waals surface area contributed by atoms with Gasteiger partial charge in [-0.15, -0.1) is 0 Å². The van der Waals surface area contributed by atoms with Crippen LogP contribution in [0.1, 0.15) is 85.0 Å². The summed E-state index contributed by atoms with van der Waals surface area (Å²) in [5.74, 6) is 0.524. The number of halogens is 3. The molecule has 29 heavy (non-hydrogen) atoms. The zero-order valence-corrected chi connectivity index (χ0v) is 19.0. The van der Waals surface area contributed by atoms with Crippen molar-refractivity contribution in [3.05, 3.63) is 36.0 Å². The predicted molar refractivity (Wildman–Crippen MR) is 119 cm³/mol. The first-order valence-electron chi connectivity index (χ1n) is 11.2. The van der Waals surface area contributed by atoms with Gasteiger partial charge in [0.2, 0.25) is 0 Å². The Labute approximate surface area is 177 Å². The first kappa shape index (κ1) is 28.0. The standard InChI is InChI=1S/C24H40F2O.CH3F/c1-5-8-21(10-7-9-20-13-11-18(3)12-14-20)22(17-27)15-19(4)16-24(26)23(25)6-2;1-2/h6,16,18,20-22,27H,2,5,7-15,17H2,1,3-4H3;1H3/b19-16+,24-23-;. The average molecular weight is 417 g/mol. The highest BCUT2D eigenvalue weighted by molar-refractivity contribution is 5.25. The summed E-state index contributed by atoms with van der Waals surface area (Å²) < 4.78 is 36.4. The van der Waals surface area contributed by atoms with E-state index in [1.807, 2.05) is 6.92 Å². The lowest BCUT2D eigenvalue weighted by molar-refractivity contribution is 0.156. The second kappa shape index (κ2) is 16.7. The van der Waals surface area contributed by atoms with E-state index in [0.717, 1.165) is 42.7 Å². The zero-order valence-electron chi connectivity index (χ0n) is 19.0. The van der Waals surface area contributed by atoms with Gasteiger partial charge in [-0.3, -0.25) is 4.39 Å². The van der Waals surface area contributed by atoms with Crippen molar-refractivity contribution in [2.24, 2.45) is 23.7 Å². The largest absolute Gasteiger partial charge is 0.396 e. The van der Waals surface area contributed by atoms with E-state index in [4.69, 9.17) is 0 Å². The van der Waals surface area contributed by atoms with Crippen LogP contribution in [0.2, 0.25) is 0 Å². The van der Waals surface area contributed by atoms with Crippen LogP contribution in [0, 0.1) is 23.7 Å². The molecule has 4 heteroatoms. The van der Waals surface area contributed by atoms with E-state index in [-0.39, 0.29) is 12.5 Å². The molecule has 0 amide bonds. The number of aliphatic hydroxyl groups excluding tert-OH is 1. The quantitative estimate of drug-likeness (QED) is 0.317. The summed E-state index contributed by atoms with van der Waals surface area (Å²) in [7, 11) is 0.500. The summed E-state index contributed by atoms with van der Waals surface area (Å²) in [6, 6.07) is 0. The van der Waals surface area contributed by atoms with Gasteiger partial charge >= 0.3 is 0 Å². The minimum Gasteiger partial charge on any atom is -0.396 e. The highest BCUT2D eigenvalue weighted by Crippen LogP contribution is 2.34. The van der Waals surface area contributed by atoms with Crippen LogP contribution in [0.15, 0.2) is 36.0 Å². The van der Waals surface area contributed by atoms with Crippen molar-refractivity contribution in [3.8, 4) is 0 Å². The number of hydrogen-bond acceptors (Lipinski definition) is 1. The summed E-state index contributed by atoms with van der Waals surface area (Å²) in [6.45, 7) is 9.70. The topological polar surface area (TPSA) is 20.2 Å². The lowest BCUT2D eigenvalue weighted by Gasteiger charge is -2.29. The Hall–Kier alpha value is -1.03. The van der Waals surface area contributed by atoms with Gasteiger partial charge in [-0.2, -0.15) is 0 Å². The number of rotatable bonds is 12. The van der Waals surface area contributed by atoms with Crippen LogP contribution >= 0.6 is 0 Å². The van der Waals surface area contributed by atoms with Crippen molar-refractivity contribution in [3.63, 3.8) is 0 Å². The van der Waals surface area contributed by atoms with E-state index in [0.29, 0.717) is 19.5 Å². The molecule has 0 heterocycles. The van der Waals surface area contributed by atoms with Gasteiger partial charge in [-0.1, -0.05) is 83.8 Å². The van der Waals surface area contributed by atoms with Crippen molar-refractivity contribution in [1.29, 1.82) is 0 Å². The Morgan fingerprint density at radius 2 is 1.69 bits per heavy atom. The molecular formula is C25H43F3O. The fourth-order valence-corrected chi connectivity index (χ4v) is 4.51. The molecule has 1 saturated carbocycles. The van der Waals surface area contributed by atoms with Crippen molar-refractivity contribution in [2.75, 3.05) is 13.8 Å². The van der Waals surface area contributed by atoms with E-state index < -0.39 is 11.7 Å². The molecule has 170 valence electrons. The molecule has 0 aromatic heterocycles. The third-order valence-corrected chi connectivity index (χ3v) is 6.25. The summed E-state index contributed by atoms with van der Waals surface area (Å²) in [5, 5.41) is 9.92. The molecule has 1 N–H and O–H groups in total. The van der Waals surface area contributed by atoms with Gasteiger partial charge in [0, 0.05) is 6.61 Å². The van der Waals surface area contributed by atoms with Crippen molar-refractivity contribution < 1.29 is 18.3 Å². The van der Waals surface area contributed by atoms with E-state index in [1.165, 1.54) is 44.6 Å². The van der Waals surface area contributed by atoms with Crippen LogP contribution in [0.3, 0.4) is 0 Å². The molecule has 0 saturated heterocycles. The Bertz CT molecular complexity index is 490. The Balaban J connectivity index is 0.00000379. The molecule has 0 aromatic carbocycles. The normalized spacial score (nSPS) is 22.8. The lowest BCUT2D eigenvalue weighted by atomic mass is 9.78. The van der Waals surface area contributed by atoms with Gasteiger partial charge in [0.25, 0.3) is 0 Å². The molecular weight excluding hydrogens is 373 g/mol. The third kappa shape index (κ3) is 11.7. The third-order valence-electron chi connectivity index (χ3n) is 6.25. The summed E-state index contributed by atoms with van der Waals surface area (Å²) in [5.41, 5.74) is 0.769. The molecule has 2 unspecified atom stereocenters. The molecule has 0 bridgehead atoms. The molecule has 0 aromatic rings. The molecule has 0 radical (unpaired) electrons. The SMILES string of the molecule is C=C/C(F)=C(F)\C=C(/C)CC(CO)C(CCC)CCCC1CCC(C)CC1.CF. The van der Waals surface area contributed by atoms with Gasteiger partial charge in [-0.05, 0) is 49.2 Å². The molecule has 1 aliphatic carbocycles. The number of aliphatic hydroxyl groups is 1. The van der Waals surface area contributed by atoms with Crippen LogP contribution in [0.4, 0.5) is 13.2 Å². The Morgan fingerprint density at radius 3 is 2.21 bits per heavy atom. The van der Waals surface area contributed by atoms with E-state index in [9.17, 15) is 18.3 Å². The van der Waals surface area contributed by atoms with Crippen LogP contribution in [-0.4, -0.2) is 18.9 Å². The molecule has 1 aliphatic rings. The fourth-order valence-electron chi connectivity index (χ4n) is 4.51. The molecule has 1 rings (SSSR count). The Morgan fingerprint density at radius 1 is 1.07 bits per heavy atom. The second-order valence-corrected chi connectivity index (χ2v) is 8.64. The van der Waals surface area contributed by atoms with Gasteiger partial charge in [0.05, 0.1) is 7.18 Å². The highest BCUT2D eigenvalue weighted by atomic mass is 19.2. The fraction of sp³-hybridized carbons (Fsp3) is 0.760. The highest BCUT2D eigenvalue weighted by Gasteiger charge is 2.22. The van der Waals surface area contributed by atoms with E-state index in [2.05, 4.69) is 20.4 Å². The average Bonchev–Trinajstić information content (AvgIpc) is 2.73. The number of hydrogen-bond donors (Lipinski definition) is 1. The molecule has 1 fully saturated rings. The molecule has 0 aliphatic heterocycles. The minimum absolute atomic E-state index is 0.103. The Kier molecular flexibility index (Phi) is 16.1. The lowest BCUT2D eigenvalue weighted by Crippen LogP contribution is -2.20. The van der Waals surface area contributed by atoms with Crippen LogP contribution in [0.25, 0.3) is 0 Å². The van der Waals surface area contributed by atoms with Crippen LogP contribution in [0.5, 0.6) is 0 Å². The van der Waals surface area contributed by atoms with E-state index in [1.54, 1.807) is 0 Å². The summed E-state index contributed by atoms with van der Waals surface area (Å²) >= 11 is 0. The van der Waals surface area contributed by atoms with E-state index >= 15 is 0 Å². The first-order chi connectivity index (χ1) is 13.9. The summed E-state index contributed by atoms with van der Waals surface area (Å²) in [6.07, 6.45) is 14.0. The first-order valence-corrected chi connectivity index (χ1v) is 11.2. The maximum atomic E-state index is 13.7.